The van der Waals surface area contributed by atoms with E-state index in [0.29, 0.717) is 25.6 Å². The van der Waals surface area contributed by atoms with Crippen molar-refractivity contribution in [3.63, 3.8) is 0 Å². The molecule has 114 valence electrons. The lowest BCUT2D eigenvalue weighted by molar-refractivity contribution is 0.179. The molecule has 3 heterocycles. The molecular weight excluding hydrogens is 270 g/mol. The predicted octanol–water partition coefficient (Wildman–Crippen LogP) is 0.345. The van der Waals surface area contributed by atoms with Crippen LogP contribution in [0.3, 0.4) is 0 Å². The van der Waals surface area contributed by atoms with Crippen molar-refractivity contribution in [3.05, 3.63) is 18.6 Å². The first-order valence-corrected chi connectivity index (χ1v) is 7.44. The minimum atomic E-state index is 0.0284. The van der Waals surface area contributed by atoms with Crippen molar-refractivity contribution in [3.8, 4) is 0 Å². The molecule has 2 aliphatic rings. The minimum absolute atomic E-state index is 0.0284. The van der Waals surface area contributed by atoms with Gasteiger partial charge in [0.2, 0.25) is 0 Å². The van der Waals surface area contributed by atoms with Gasteiger partial charge in [-0.25, -0.2) is 9.78 Å². The van der Waals surface area contributed by atoms with Gasteiger partial charge in [0.05, 0.1) is 12.8 Å². The molecule has 0 aliphatic carbocycles. The Morgan fingerprint density at radius 3 is 2.86 bits per heavy atom. The van der Waals surface area contributed by atoms with Crippen molar-refractivity contribution in [1.82, 2.24) is 20.2 Å². The van der Waals surface area contributed by atoms with E-state index < -0.39 is 0 Å². The highest BCUT2D eigenvalue weighted by Crippen LogP contribution is 2.13. The zero-order chi connectivity index (χ0) is 14.5. The number of urea groups is 1. The van der Waals surface area contributed by atoms with Gasteiger partial charge < -0.3 is 19.9 Å². The quantitative estimate of drug-likeness (QED) is 0.870. The van der Waals surface area contributed by atoms with Gasteiger partial charge >= 0.3 is 6.03 Å². The van der Waals surface area contributed by atoms with Crippen LogP contribution in [0.15, 0.2) is 18.6 Å². The fourth-order valence-electron chi connectivity index (χ4n) is 2.68. The summed E-state index contributed by atoms with van der Waals surface area (Å²) >= 11 is 0. The molecule has 21 heavy (non-hydrogen) atoms. The first kappa shape index (κ1) is 14.1. The summed E-state index contributed by atoms with van der Waals surface area (Å²) in [5.74, 6) is 1.34. The van der Waals surface area contributed by atoms with E-state index in [1.165, 1.54) is 0 Å². The fourth-order valence-corrected chi connectivity index (χ4v) is 2.68. The first-order valence-electron chi connectivity index (χ1n) is 7.44. The monoisotopic (exact) mass is 291 g/mol. The maximum absolute atomic E-state index is 12.1. The average molecular weight is 291 g/mol. The fraction of sp³-hybridized carbons (Fsp3) is 0.643. The Balaban J connectivity index is 1.43. The number of hydrogen-bond acceptors (Lipinski definition) is 5. The zero-order valence-electron chi connectivity index (χ0n) is 12.1. The molecule has 1 N–H and O–H groups in total. The third-order valence-corrected chi connectivity index (χ3v) is 4.01. The van der Waals surface area contributed by atoms with Crippen LogP contribution < -0.4 is 10.2 Å². The summed E-state index contributed by atoms with van der Waals surface area (Å²) in [7, 11) is 0. The molecule has 7 heteroatoms. The molecule has 1 unspecified atom stereocenters. The molecule has 0 radical (unpaired) electrons. The van der Waals surface area contributed by atoms with Gasteiger partial charge in [0, 0.05) is 57.6 Å². The molecule has 2 fully saturated rings. The van der Waals surface area contributed by atoms with Crippen LogP contribution in [-0.2, 0) is 4.74 Å². The van der Waals surface area contributed by atoms with E-state index in [0.717, 1.165) is 38.5 Å². The van der Waals surface area contributed by atoms with Gasteiger partial charge in [-0.15, -0.1) is 0 Å². The van der Waals surface area contributed by atoms with Crippen LogP contribution >= 0.6 is 0 Å². The Morgan fingerprint density at radius 2 is 2.19 bits per heavy atom. The smallest absolute Gasteiger partial charge is 0.317 e. The van der Waals surface area contributed by atoms with Crippen LogP contribution in [0, 0.1) is 5.92 Å². The molecule has 1 aromatic heterocycles. The number of rotatable bonds is 3. The molecule has 2 aliphatic heterocycles. The number of nitrogens with one attached hydrogen (secondary N) is 1. The van der Waals surface area contributed by atoms with Crippen molar-refractivity contribution in [2.24, 2.45) is 5.92 Å². The molecule has 7 nitrogen and oxygen atoms in total. The van der Waals surface area contributed by atoms with E-state index in [9.17, 15) is 4.79 Å². The Morgan fingerprint density at radius 1 is 1.33 bits per heavy atom. The van der Waals surface area contributed by atoms with Gasteiger partial charge in [0.15, 0.2) is 0 Å². The van der Waals surface area contributed by atoms with E-state index >= 15 is 0 Å². The van der Waals surface area contributed by atoms with Gasteiger partial charge in [-0.05, 0) is 6.42 Å². The van der Waals surface area contributed by atoms with Crippen LogP contribution in [0.4, 0.5) is 10.6 Å². The summed E-state index contributed by atoms with van der Waals surface area (Å²) in [6, 6.07) is 0.0284. The maximum Gasteiger partial charge on any atom is 0.317 e. The molecule has 1 aromatic rings. The Kier molecular flexibility index (Phi) is 4.49. The van der Waals surface area contributed by atoms with Crippen molar-refractivity contribution >= 4 is 11.8 Å². The van der Waals surface area contributed by atoms with Crippen LogP contribution in [0.2, 0.25) is 0 Å². The number of aromatic nitrogens is 2. The Hall–Kier alpha value is -1.89. The van der Waals surface area contributed by atoms with Crippen LogP contribution in [0.1, 0.15) is 6.42 Å². The minimum Gasteiger partial charge on any atom is -0.381 e. The van der Waals surface area contributed by atoms with Gasteiger partial charge in [-0.1, -0.05) is 0 Å². The largest absolute Gasteiger partial charge is 0.381 e. The normalized spacial score (nSPS) is 22.4. The van der Waals surface area contributed by atoms with E-state index in [4.69, 9.17) is 4.74 Å². The van der Waals surface area contributed by atoms with Crippen molar-refractivity contribution in [1.29, 1.82) is 0 Å². The van der Waals surface area contributed by atoms with Crippen LogP contribution in [-0.4, -0.2) is 66.8 Å². The summed E-state index contributed by atoms with van der Waals surface area (Å²) in [5, 5.41) is 3.01. The van der Waals surface area contributed by atoms with E-state index in [1.54, 1.807) is 18.6 Å². The summed E-state index contributed by atoms with van der Waals surface area (Å²) in [6.45, 7) is 5.30. The van der Waals surface area contributed by atoms with E-state index in [1.807, 2.05) is 4.90 Å². The molecule has 2 amide bonds. The zero-order valence-corrected chi connectivity index (χ0v) is 12.1. The number of amides is 2. The van der Waals surface area contributed by atoms with Gasteiger partial charge in [-0.2, -0.15) is 0 Å². The topological polar surface area (TPSA) is 70.6 Å². The molecule has 1 atom stereocenters. The van der Waals surface area contributed by atoms with Crippen molar-refractivity contribution in [2.45, 2.75) is 6.42 Å². The second-order valence-electron chi connectivity index (χ2n) is 5.45. The van der Waals surface area contributed by atoms with E-state index in [2.05, 4.69) is 20.2 Å². The lowest BCUT2D eigenvalue weighted by Gasteiger charge is -2.35. The average Bonchev–Trinajstić information content (AvgIpc) is 3.07. The SMILES string of the molecule is O=C(NCC1CCOC1)N1CCN(c2cnccn2)CC1. The van der Waals surface area contributed by atoms with Crippen LogP contribution in [0.25, 0.3) is 0 Å². The highest BCUT2D eigenvalue weighted by molar-refractivity contribution is 5.74. The number of piperazine rings is 1. The number of carbonyl (C=O) groups excluding carboxylic acids is 1. The Labute approximate surface area is 124 Å². The summed E-state index contributed by atoms with van der Waals surface area (Å²) < 4.78 is 5.31. The van der Waals surface area contributed by atoms with Gasteiger partial charge in [0.1, 0.15) is 5.82 Å². The molecule has 0 saturated carbocycles. The van der Waals surface area contributed by atoms with Gasteiger partial charge in [-0.3, -0.25) is 4.98 Å². The summed E-state index contributed by atoms with van der Waals surface area (Å²) in [5.41, 5.74) is 0. The van der Waals surface area contributed by atoms with E-state index in [-0.39, 0.29) is 6.03 Å². The highest BCUT2D eigenvalue weighted by atomic mass is 16.5. The molecule has 0 aromatic carbocycles. The molecule has 2 saturated heterocycles. The summed E-state index contributed by atoms with van der Waals surface area (Å²) in [6.07, 6.45) is 6.16. The maximum atomic E-state index is 12.1. The molecule has 0 spiro atoms. The molecule has 3 rings (SSSR count). The van der Waals surface area contributed by atoms with Crippen molar-refractivity contribution in [2.75, 3.05) is 50.8 Å². The van der Waals surface area contributed by atoms with Crippen LogP contribution in [0.5, 0.6) is 0 Å². The Bertz CT molecular complexity index is 456. The third kappa shape index (κ3) is 3.60. The van der Waals surface area contributed by atoms with Gasteiger partial charge in [0.25, 0.3) is 0 Å². The highest BCUT2D eigenvalue weighted by Gasteiger charge is 2.23. The lowest BCUT2D eigenvalue weighted by Crippen LogP contribution is -2.52. The second kappa shape index (κ2) is 6.71. The number of nitrogens with zero attached hydrogens (tertiary/aromatic N) is 4. The first-order chi connectivity index (χ1) is 10.3. The standard InChI is InChI=1S/C14H21N5O2/c20-14(17-9-12-1-8-21-11-12)19-6-4-18(5-7-19)13-10-15-2-3-16-13/h2-3,10,12H,1,4-9,11H2,(H,17,20). The molecular formula is C14H21N5O2. The number of hydrogen-bond donors (Lipinski definition) is 1. The lowest BCUT2D eigenvalue weighted by atomic mass is 10.1. The number of anilines is 1. The third-order valence-electron chi connectivity index (χ3n) is 4.01. The van der Waals surface area contributed by atoms with Crippen molar-refractivity contribution < 1.29 is 9.53 Å². The number of carbonyl (C=O) groups is 1. The number of ether oxygens (including phenoxy) is 1. The second-order valence-corrected chi connectivity index (χ2v) is 5.45. The summed E-state index contributed by atoms with van der Waals surface area (Å²) in [4.78, 5) is 24.5. The molecule has 0 bridgehead atoms. The predicted molar refractivity (Wildman–Crippen MR) is 78.1 cm³/mol.